The second-order valence-electron chi connectivity index (χ2n) is 4.43. The third kappa shape index (κ3) is 3.91. The maximum absolute atomic E-state index is 12.4. The second kappa shape index (κ2) is 6.85. The Balaban J connectivity index is 2.14. The van der Waals surface area contributed by atoms with Crippen molar-refractivity contribution in [2.75, 3.05) is 14.2 Å². The second-order valence-corrected chi connectivity index (χ2v) is 5.91. The number of methoxy groups -OCH3 is 2. The maximum atomic E-state index is 12.4. The van der Waals surface area contributed by atoms with Crippen LogP contribution in [0.3, 0.4) is 0 Å². The van der Waals surface area contributed by atoms with Crippen molar-refractivity contribution in [3.05, 3.63) is 54.6 Å². The summed E-state index contributed by atoms with van der Waals surface area (Å²) in [6, 6.07) is 16.3. The quantitative estimate of drug-likeness (QED) is 0.769. The van der Waals surface area contributed by atoms with Crippen molar-refractivity contribution in [1.29, 1.82) is 0 Å². The Bertz CT molecular complexity index is 591. The summed E-state index contributed by atoms with van der Waals surface area (Å²) >= 11 is 0. The first-order chi connectivity index (χ1) is 10.1. The van der Waals surface area contributed by atoms with Crippen molar-refractivity contribution in [3.8, 4) is 5.75 Å². The van der Waals surface area contributed by atoms with Crippen molar-refractivity contribution in [2.24, 2.45) is 0 Å². The van der Waals surface area contributed by atoms with Crippen LogP contribution in [0.4, 0.5) is 0 Å². The average Bonchev–Trinajstić information content (AvgIpc) is 2.55. The van der Waals surface area contributed by atoms with E-state index in [1.807, 2.05) is 30.3 Å². The molecular formula is C16H18O4S. The van der Waals surface area contributed by atoms with Gasteiger partial charge in [0, 0.05) is 30.9 Å². The zero-order valence-corrected chi connectivity index (χ0v) is 13.1. The van der Waals surface area contributed by atoms with Crippen LogP contribution in [0.5, 0.6) is 5.75 Å². The predicted octanol–water partition coefficient (Wildman–Crippen LogP) is 3.20. The Hall–Kier alpha value is -1.69. The molecule has 112 valence electrons. The van der Waals surface area contributed by atoms with Gasteiger partial charge in [-0.15, -0.1) is 0 Å². The van der Waals surface area contributed by atoms with Crippen LogP contribution in [0.15, 0.2) is 64.4 Å². The molecule has 4 nitrogen and oxygen atoms in total. The van der Waals surface area contributed by atoms with E-state index >= 15 is 0 Å². The molecule has 0 aliphatic heterocycles. The fourth-order valence-corrected chi connectivity index (χ4v) is 2.75. The van der Waals surface area contributed by atoms with Gasteiger partial charge in [-0.05, 0) is 36.4 Å². The molecule has 21 heavy (non-hydrogen) atoms. The van der Waals surface area contributed by atoms with E-state index in [4.69, 9.17) is 14.2 Å². The molecule has 1 atom stereocenters. The van der Waals surface area contributed by atoms with Gasteiger partial charge in [0.2, 0.25) is 0 Å². The van der Waals surface area contributed by atoms with Crippen LogP contribution in [-0.4, -0.2) is 24.4 Å². The van der Waals surface area contributed by atoms with Crippen LogP contribution in [0.25, 0.3) is 0 Å². The van der Waals surface area contributed by atoms with Gasteiger partial charge in [0.1, 0.15) is 5.75 Å². The van der Waals surface area contributed by atoms with Crippen LogP contribution in [-0.2, 0) is 20.3 Å². The molecule has 2 aromatic carbocycles. The zero-order chi connectivity index (χ0) is 15.3. The van der Waals surface area contributed by atoms with Gasteiger partial charge in [0.25, 0.3) is 0 Å². The molecule has 2 rings (SSSR count). The van der Waals surface area contributed by atoms with Gasteiger partial charge in [0.05, 0.1) is 10.8 Å². The Morgan fingerprint density at radius 1 is 0.857 bits per heavy atom. The fourth-order valence-electron chi connectivity index (χ4n) is 1.69. The lowest BCUT2D eigenvalue weighted by Crippen LogP contribution is -2.36. The third-order valence-electron chi connectivity index (χ3n) is 3.04. The first kappa shape index (κ1) is 15.7. The molecule has 5 heteroatoms. The first-order valence-corrected chi connectivity index (χ1v) is 7.59. The van der Waals surface area contributed by atoms with E-state index < -0.39 is 16.8 Å². The van der Waals surface area contributed by atoms with Gasteiger partial charge in [-0.3, -0.25) is 0 Å². The number of hydrogen-bond donors (Lipinski definition) is 0. The minimum absolute atomic E-state index is 0.579. The maximum Gasteiger partial charge on any atom is 0.323 e. The summed E-state index contributed by atoms with van der Waals surface area (Å²) in [4.78, 5) is 1.48. The molecule has 0 aromatic heterocycles. The highest BCUT2D eigenvalue weighted by atomic mass is 32.2. The van der Waals surface area contributed by atoms with Gasteiger partial charge in [-0.25, -0.2) is 4.21 Å². The van der Waals surface area contributed by atoms with E-state index in [1.54, 1.807) is 31.2 Å². The molecule has 2 aromatic rings. The fraction of sp³-hybridized carbons (Fsp3) is 0.250. The highest BCUT2D eigenvalue weighted by Gasteiger charge is 2.25. The number of ether oxygens (including phenoxy) is 3. The highest BCUT2D eigenvalue weighted by Crippen LogP contribution is 2.23. The lowest BCUT2D eigenvalue weighted by Gasteiger charge is -2.26. The Labute approximate surface area is 127 Å². The number of benzene rings is 2. The van der Waals surface area contributed by atoms with Crippen LogP contribution < -0.4 is 4.74 Å². The molecule has 0 radical (unpaired) electrons. The van der Waals surface area contributed by atoms with Crippen LogP contribution >= 0.6 is 0 Å². The molecule has 0 aliphatic carbocycles. The summed E-state index contributed by atoms with van der Waals surface area (Å²) in [5.41, 5.74) is 0. The minimum atomic E-state index is -1.20. The lowest BCUT2D eigenvalue weighted by atomic mass is 10.3. The van der Waals surface area contributed by atoms with Crippen molar-refractivity contribution < 1.29 is 18.4 Å². The standard InChI is InChI=1S/C16H18O4S/c1-16(18-2,19-3)20-13-9-11-15(12-10-13)21(17)14-7-5-4-6-8-14/h4-12H,1-3H3. The molecule has 0 saturated carbocycles. The molecule has 0 bridgehead atoms. The highest BCUT2D eigenvalue weighted by molar-refractivity contribution is 7.85. The van der Waals surface area contributed by atoms with Gasteiger partial charge >= 0.3 is 5.97 Å². The third-order valence-corrected chi connectivity index (χ3v) is 4.44. The molecule has 0 heterocycles. The lowest BCUT2D eigenvalue weighted by molar-refractivity contribution is -0.309. The first-order valence-electron chi connectivity index (χ1n) is 6.44. The van der Waals surface area contributed by atoms with Gasteiger partial charge in [-0.1, -0.05) is 18.2 Å². The van der Waals surface area contributed by atoms with Crippen LogP contribution in [0, 0.1) is 0 Å². The van der Waals surface area contributed by atoms with E-state index in [1.165, 1.54) is 14.2 Å². The largest absolute Gasteiger partial charge is 0.439 e. The molecular weight excluding hydrogens is 288 g/mol. The summed E-state index contributed by atoms with van der Waals surface area (Å²) in [7, 11) is 1.80. The molecule has 0 fully saturated rings. The molecule has 0 N–H and O–H groups in total. The topological polar surface area (TPSA) is 44.8 Å². The summed E-state index contributed by atoms with van der Waals surface area (Å²) in [6.45, 7) is 1.67. The van der Waals surface area contributed by atoms with E-state index in [-0.39, 0.29) is 0 Å². The van der Waals surface area contributed by atoms with E-state index in [2.05, 4.69) is 0 Å². The smallest absolute Gasteiger partial charge is 0.323 e. The summed E-state index contributed by atoms with van der Waals surface area (Å²) in [5, 5.41) is 0. The van der Waals surface area contributed by atoms with E-state index in [0.29, 0.717) is 10.6 Å². The van der Waals surface area contributed by atoms with Gasteiger partial charge in [-0.2, -0.15) is 0 Å². The van der Waals surface area contributed by atoms with Crippen molar-refractivity contribution >= 4 is 10.8 Å². The minimum Gasteiger partial charge on any atom is -0.439 e. The summed E-state index contributed by atoms with van der Waals surface area (Å²) in [6.07, 6.45) is 0. The monoisotopic (exact) mass is 306 g/mol. The SMILES string of the molecule is COC(C)(OC)Oc1ccc(S(=O)c2ccccc2)cc1. The Morgan fingerprint density at radius 2 is 1.38 bits per heavy atom. The molecule has 0 aliphatic rings. The molecule has 0 amide bonds. The molecule has 1 unspecified atom stereocenters. The van der Waals surface area contributed by atoms with Crippen LogP contribution in [0.2, 0.25) is 0 Å². The van der Waals surface area contributed by atoms with Gasteiger partial charge < -0.3 is 14.2 Å². The van der Waals surface area contributed by atoms with Crippen molar-refractivity contribution in [2.45, 2.75) is 22.7 Å². The summed E-state index contributed by atoms with van der Waals surface area (Å²) in [5.74, 6) is -0.560. The average molecular weight is 306 g/mol. The molecule has 0 spiro atoms. The number of hydrogen-bond acceptors (Lipinski definition) is 4. The normalized spacial score (nSPS) is 12.9. The molecule has 0 saturated heterocycles. The van der Waals surface area contributed by atoms with E-state index in [9.17, 15) is 4.21 Å². The van der Waals surface area contributed by atoms with Gasteiger partial charge in [0.15, 0.2) is 0 Å². The summed E-state index contributed by atoms with van der Waals surface area (Å²) < 4.78 is 28.2. The zero-order valence-electron chi connectivity index (χ0n) is 12.2. The van der Waals surface area contributed by atoms with Crippen LogP contribution in [0.1, 0.15) is 6.92 Å². The number of rotatable bonds is 6. The Kier molecular flexibility index (Phi) is 5.12. The Morgan fingerprint density at radius 3 is 1.90 bits per heavy atom. The predicted molar refractivity (Wildman–Crippen MR) is 80.6 cm³/mol. The van der Waals surface area contributed by atoms with Crippen molar-refractivity contribution in [3.63, 3.8) is 0 Å². The van der Waals surface area contributed by atoms with E-state index in [0.717, 1.165) is 4.90 Å². The van der Waals surface area contributed by atoms with Crippen molar-refractivity contribution in [1.82, 2.24) is 0 Å².